The zero-order valence-corrected chi connectivity index (χ0v) is 15.7. The minimum atomic E-state index is -3.41. The fourth-order valence-electron chi connectivity index (χ4n) is 3.28. The molecule has 0 heterocycles. The van der Waals surface area contributed by atoms with E-state index in [0.29, 0.717) is 0 Å². The molecular formula is C18H28N2O3S. The first-order valence-corrected chi connectivity index (χ1v) is 10.5. The highest BCUT2D eigenvalue weighted by Crippen LogP contribution is 2.24. The Morgan fingerprint density at radius 3 is 2.38 bits per heavy atom. The summed E-state index contributed by atoms with van der Waals surface area (Å²) < 4.78 is 25.8. The molecule has 0 saturated heterocycles. The summed E-state index contributed by atoms with van der Waals surface area (Å²) in [5, 5.41) is 2.86. The Morgan fingerprint density at radius 2 is 1.79 bits per heavy atom. The van der Waals surface area contributed by atoms with E-state index in [1.807, 2.05) is 32.0 Å². The second kappa shape index (κ2) is 8.12. The first-order valence-electron chi connectivity index (χ1n) is 8.62. The lowest BCUT2D eigenvalue weighted by molar-refractivity contribution is -0.116. The smallest absolute Gasteiger partial charge is 0.239 e. The molecule has 1 fully saturated rings. The van der Waals surface area contributed by atoms with Gasteiger partial charge in [0.05, 0.1) is 12.8 Å². The fraction of sp³-hybridized carbons (Fsp3) is 0.611. The van der Waals surface area contributed by atoms with Crippen LogP contribution in [0.1, 0.15) is 49.7 Å². The second-order valence-corrected chi connectivity index (χ2v) is 8.68. The predicted molar refractivity (Wildman–Crippen MR) is 97.6 cm³/mol. The van der Waals surface area contributed by atoms with E-state index in [9.17, 15) is 13.2 Å². The number of nitrogens with one attached hydrogen (secondary N) is 1. The standard InChI is InChI=1S/C18H28N2O3S/c1-14-9-8-12-17(15(14)2)19-18(21)13-20(24(3,22)23)16-10-6-4-5-7-11-16/h8-9,12,16H,4-7,10-11,13H2,1-3H3,(H,19,21). The van der Waals surface area contributed by atoms with Crippen LogP contribution in [0, 0.1) is 13.8 Å². The molecule has 1 amide bonds. The van der Waals surface area contributed by atoms with Crippen LogP contribution in [0.4, 0.5) is 5.69 Å². The molecule has 0 atom stereocenters. The number of carbonyl (C=O) groups excluding carboxylic acids is 1. The molecule has 0 aromatic heterocycles. The monoisotopic (exact) mass is 352 g/mol. The zero-order valence-electron chi connectivity index (χ0n) is 14.8. The maximum absolute atomic E-state index is 12.4. The number of sulfonamides is 1. The van der Waals surface area contributed by atoms with E-state index in [-0.39, 0.29) is 18.5 Å². The van der Waals surface area contributed by atoms with Gasteiger partial charge in [0.2, 0.25) is 15.9 Å². The van der Waals surface area contributed by atoms with Crippen LogP contribution in [-0.2, 0) is 14.8 Å². The number of benzene rings is 1. The largest absolute Gasteiger partial charge is 0.325 e. The van der Waals surface area contributed by atoms with Gasteiger partial charge in [0.1, 0.15) is 0 Å². The van der Waals surface area contributed by atoms with Gasteiger partial charge in [-0.2, -0.15) is 4.31 Å². The van der Waals surface area contributed by atoms with Gasteiger partial charge < -0.3 is 5.32 Å². The average molecular weight is 353 g/mol. The SMILES string of the molecule is Cc1cccc(NC(=O)CN(C2CCCCCC2)S(C)(=O)=O)c1C. The Bertz CT molecular complexity index is 678. The van der Waals surface area contributed by atoms with E-state index in [0.717, 1.165) is 55.3 Å². The van der Waals surface area contributed by atoms with E-state index in [2.05, 4.69) is 5.32 Å². The third-order valence-electron chi connectivity index (χ3n) is 4.84. The highest BCUT2D eigenvalue weighted by molar-refractivity contribution is 7.88. The number of aryl methyl sites for hydroxylation is 1. The van der Waals surface area contributed by atoms with Crippen molar-refractivity contribution < 1.29 is 13.2 Å². The number of amides is 1. The summed E-state index contributed by atoms with van der Waals surface area (Å²) in [4.78, 5) is 12.4. The lowest BCUT2D eigenvalue weighted by atomic mass is 10.1. The van der Waals surface area contributed by atoms with Crippen molar-refractivity contribution in [2.24, 2.45) is 0 Å². The maximum Gasteiger partial charge on any atom is 0.239 e. The van der Waals surface area contributed by atoms with Crippen molar-refractivity contribution in [2.45, 2.75) is 58.4 Å². The van der Waals surface area contributed by atoms with Gasteiger partial charge in [-0.05, 0) is 43.9 Å². The third-order valence-corrected chi connectivity index (χ3v) is 6.12. The molecule has 1 saturated carbocycles. The molecule has 24 heavy (non-hydrogen) atoms. The molecule has 0 aliphatic heterocycles. The lowest BCUT2D eigenvalue weighted by Crippen LogP contribution is -2.44. The van der Waals surface area contributed by atoms with E-state index < -0.39 is 10.0 Å². The van der Waals surface area contributed by atoms with Crippen LogP contribution in [0.2, 0.25) is 0 Å². The molecule has 6 heteroatoms. The van der Waals surface area contributed by atoms with Gasteiger partial charge in [0.25, 0.3) is 0 Å². The van der Waals surface area contributed by atoms with Gasteiger partial charge in [0.15, 0.2) is 0 Å². The zero-order chi connectivity index (χ0) is 17.7. The normalized spacial score (nSPS) is 16.8. The van der Waals surface area contributed by atoms with Crippen molar-refractivity contribution in [3.8, 4) is 0 Å². The molecule has 2 rings (SSSR count). The first kappa shape index (κ1) is 18.9. The highest BCUT2D eigenvalue weighted by atomic mass is 32.2. The minimum Gasteiger partial charge on any atom is -0.325 e. The van der Waals surface area contributed by atoms with Crippen molar-refractivity contribution >= 4 is 21.6 Å². The summed E-state index contributed by atoms with van der Waals surface area (Å²) in [7, 11) is -3.41. The van der Waals surface area contributed by atoms with Gasteiger partial charge in [0, 0.05) is 11.7 Å². The quantitative estimate of drug-likeness (QED) is 0.827. The molecule has 1 N–H and O–H groups in total. The number of hydrogen-bond acceptors (Lipinski definition) is 3. The third kappa shape index (κ3) is 5.05. The van der Waals surface area contributed by atoms with Crippen LogP contribution >= 0.6 is 0 Å². The van der Waals surface area contributed by atoms with Crippen LogP contribution in [0.3, 0.4) is 0 Å². The van der Waals surface area contributed by atoms with Crippen molar-refractivity contribution in [2.75, 3.05) is 18.1 Å². The van der Waals surface area contributed by atoms with Gasteiger partial charge in [-0.25, -0.2) is 8.42 Å². The first-order chi connectivity index (χ1) is 11.3. The van der Waals surface area contributed by atoms with Gasteiger partial charge >= 0.3 is 0 Å². The van der Waals surface area contributed by atoms with Crippen molar-refractivity contribution in [1.29, 1.82) is 0 Å². The molecule has 134 valence electrons. The molecule has 1 aromatic carbocycles. The number of nitrogens with zero attached hydrogens (tertiary/aromatic N) is 1. The van der Waals surface area contributed by atoms with Crippen LogP contribution in [0.25, 0.3) is 0 Å². The Balaban J connectivity index is 2.11. The number of rotatable bonds is 5. The summed E-state index contributed by atoms with van der Waals surface area (Å²) >= 11 is 0. The summed E-state index contributed by atoms with van der Waals surface area (Å²) in [6.45, 7) is 3.82. The van der Waals surface area contributed by atoms with E-state index in [1.165, 1.54) is 10.6 Å². The van der Waals surface area contributed by atoms with Crippen molar-refractivity contribution in [1.82, 2.24) is 4.31 Å². The van der Waals surface area contributed by atoms with Gasteiger partial charge in [-0.3, -0.25) is 4.79 Å². The second-order valence-electron chi connectivity index (χ2n) is 6.75. The van der Waals surface area contributed by atoms with Crippen molar-refractivity contribution in [3.63, 3.8) is 0 Å². The molecule has 5 nitrogen and oxygen atoms in total. The topological polar surface area (TPSA) is 66.5 Å². The molecule has 1 aliphatic rings. The van der Waals surface area contributed by atoms with E-state index in [4.69, 9.17) is 0 Å². The van der Waals surface area contributed by atoms with Crippen LogP contribution in [0.15, 0.2) is 18.2 Å². The molecule has 0 spiro atoms. The van der Waals surface area contributed by atoms with Crippen LogP contribution in [-0.4, -0.2) is 37.5 Å². The predicted octanol–water partition coefficient (Wildman–Crippen LogP) is 3.23. The Morgan fingerprint density at radius 1 is 1.17 bits per heavy atom. The Labute approximate surface area is 145 Å². The lowest BCUT2D eigenvalue weighted by Gasteiger charge is -2.28. The number of hydrogen-bond donors (Lipinski definition) is 1. The van der Waals surface area contributed by atoms with E-state index in [1.54, 1.807) is 0 Å². The Kier molecular flexibility index (Phi) is 6.40. The summed E-state index contributed by atoms with van der Waals surface area (Å²) in [6.07, 6.45) is 7.20. The van der Waals surface area contributed by atoms with Gasteiger partial charge in [-0.1, -0.05) is 37.8 Å². The minimum absolute atomic E-state index is 0.0631. The van der Waals surface area contributed by atoms with Crippen LogP contribution in [0.5, 0.6) is 0 Å². The molecule has 1 aromatic rings. The molecular weight excluding hydrogens is 324 g/mol. The molecule has 0 bridgehead atoms. The number of anilines is 1. The summed E-state index contributed by atoms with van der Waals surface area (Å²) in [5.74, 6) is -0.279. The van der Waals surface area contributed by atoms with Gasteiger partial charge in [-0.15, -0.1) is 0 Å². The highest BCUT2D eigenvalue weighted by Gasteiger charge is 2.29. The molecule has 0 radical (unpaired) electrons. The fourth-order valence-corrected chi connectivity index (χ4v) is 4.38. The molecule has 0 unspecified atom stereocenters. The van der Waals surface area contributed by atoms with Crippen LogP contribution < -0.4 is 5.32 Å². The average Bonchev–Trinajstić information content (AvgIpc) is 2.77. The molecule has 1 aliphatic carbocycles. The Hall–Kier alpha value is -1.40. The summed E-state index contributed by atoms with van der Waals surface area (Å²) in [6, 6.07) is 5.65. The maximum atomic E-state index is 12.4. The number of carbonyl (C=O) groups is 1. The van der Waals surface area contributed by atoms with Crippen molar-refractivity contribution in [3.05, 3.63) is 29.3 Å². The summed E-state index contributed by atoms with van der Waals surface area (Å²) in [5.41, 5.74) is 2.84. The van der Waals surface area contributed by atoms with E-state index >= 15 is 0 Å².